The number of hydrogen-bond donors (Lipinski definition) is 1. The quantitative estimate of drug-likeness (QED) is 0.298. The number of pyridine rings is 1. The van der Waals surface area contributed by atoms with Gasteiger partial charge in [0, 0.05) is 32.0 Å². The first-order valence-corrected chi connectivity index (χ1v) is 9.98. The average molecular weight is 431 g/mol. The maximum Gasteiger partial charge on any atom is 0.295 e. The second kappa shape index (κ2) is 9.73. The Kier molecular flexibility index (Phi) is 7.07. The number of carbonyl (C=O) groups is 2. The molecule has 1 N–H and O–H groups in total. The summed E-state index contributed by atoms with van der Waals surface area (Å²) < 4.78 is 10.5. The molecule has 7 nitrogen and oxygen atoms in total. The predicted octanol–water partition coefficient (Wildman–Crippen LogP) is 3.59. The van der Waals surface area contributed by atoms with E-state index in [1.807, 2.05) is 6.92 Å². The zero-order valence-electron chi connectivity index (χ0n) is 16.8. The van der Waals surface area contributed by atoms with E-state index in [1.54, 1.807) is 49.7 Å². The number of amides is 1. The Balaban J connectivity index is 2.13. The Labute approximate surface area is 179 Å². The fourth-order valence-corrected chi connectivity index (χ4v) is 3.63. The van der Waals surface area contributed by atoms with Crippen molar-refractivity contribution in [1.82, 2.24) is 9.88 Å². The van der Waals surface area contributed by atoms with Crippen molar-refractivity contribution in [3.63, 3.8) is 0 Å². The molecule has 8 heteroatoms. The van der Waals surface area contributed by atoms with E-state index in [1.165, 1.54) is 4.90 Å². The van der Waals surface area contributed by atoms with Crippen LogP contribution in [-0.2, 0) is 14.3 Å². The smallest absolute Gasteiger partial charge is 0.295 e. The van der Waals surface area contributed by atoms with E-state index in [0.29, 0.717) is 31.1 Å². The van der Waals surface area contributed by atoms with E-state index in [9.17, 15) is 14.7 Å². The summed E-state index contributed by atoms with van der Waals surface area (Å²) in [6, 6.07) is 9.19. The number of hydrogen-bond acceptors (Lipinski definition) is 6. The van der Waals surface area contributed by atoms with Gasteiger partial charge in [-0.05, 0) is 43.7 Å². The first-order valence-electron chi connectivity index (χ1n) is 9.60. The second-order valence-corrected chi connectivity index (χ2v) is 7.08. The molecule has 0 aliphatic carbocycles. The Hall–Kier alpha value is -2.90. The standard InChI is InChI=1S/C22H23ClN2O5/c1-3-30-14-8-9-16(23)15(13-14)20(26)18-19(17-7-4-5-10-24-17)25(11-6-12-29-2)22(28)21(18)27/h4-5,7-10,13,19,26H,3,6,11-12H2,1-2H3/b20-18+. The van der Waals surface area contributed by atoms with Crippen molar-refractivity contribution in [1.29, 1.82) is 0 Å². The van der Waals surface area contributed by atoms with Crippen LogP contribution in [0.25, 0.3) is 5.76 Å². The highest BCUT2D eigenvalue weighted by Gasteiger charge is 2.46. The van der Waals surface area contributed by atoms with Crippen LogP contribution in [0.15, 0.2) is 48.2 Å². The summed E-state index contributed by atoms with van der Waals surface area (Å²) in [6.45, 7) is 2.98. The number of aliphatic hydroxyl groups is 1. The van der Waals surface area contributed by atoms with E-state index < -0.39 is 17.7 Å². The highest BCUT2D eigenvalue weighted by molar-refractivity contribution is 6.47. The third-order valence-corrected chi connectivity index (χ3v) is 5.09. The zero-order valence-corrected chi connectivity index (χ0v) is 17.6. The molecule has 1 saturated heterocycles. The molecule has 1 atom stereocenters. The number of Topliss-reactive ketones (excluding diaryl/α,β-unsaturated/α-hetero) is 1. The van der Waals surface area contributed by atoms with E-state index >= 15 is 0 Å². The molecular weight excluding hydrogens is 408 g/mol. The number of ether oxygens (including phenoxy) is 2. The number of aliphatic hydroxyl groups excluding tert-OH is 1. The highest BCUT2D eigenvalue weighted by atomic mass is 35.5. The number of benzene rings is 1. The van der Waals surface area contributed by atoms with Gasteiger partial charge in [-0.1, -0.05) is 17.7 Å². The summed E-state index contributed by atoms with van der Waals surface area (Å²) in [4.78, 5) is 31.5. The molecular formula is C22H23ClN2O5. The largest absolute Gasteiger partial charge is 0.507 e. The van der Waals surface area contributed by atoms with Crippen LogP contribution in [0, 0.1) is 0 Å². The van der Waals surface area contributed by atoms with E-state index in [0.717, 1.165) is 0 Å². The SMILES string of the molecule is CCOc1ccc(Cl)c(/C(O)=C2\C(=O)C(=O)N(CCCOC)C2c2ccccn2)c1. The molecule has 158 valence electrons. The molecule has 1 aromatic carbocycles. The van der Waals surface area contributed by atoms with Crippen molar-refractivity contribution in [2.24, 2.45) is 0 Å². The van der Waals surface area contributed by atoms with Gasteiger partial charge in [0.05, 0.1) is 22.9 Å². The molecule has 0 bridgehead atoms. The summed E-state index contributed by atoms with van der Waals surface area (Å²) in [7, 11) is 1.57. The number of likely N-dealkylation sites (tertiary alicyclic amines) is 1. The van der Waals surface area contributed by atoms with Gasteiger partial charge < -0.3 is 19.5 Å². The average Bonchev–Trinajstić information content (AvgIpc) is 3.00. The van der Waals surface area contributed by atoms with Crippen LogP contribution >= 0.6 is 11.6 Å². The van der Waals surface area contributed by atoms with Gasteiger partial charge in [-0.15, -0.1) is 0 Å². The summed E-state index contributed by atoms with van der Waals surface area (Å²) >= 11 is 6.29. The molecule has 1 amide bonds. The van der Waals surface area contributed by atoms with E-state index in [-0.39, 0.29) is 28.5 Å². The van der Waals surface area contributed by atoms with Gasteiger partial charge in [0.1, 0.15) is 17.6 Å². The Morgan fingerprint density at radius 2 is 2.07 bits per heavy atom. The number of rotatable bonds is 8. The van der Waals surface area contributed by atoms with Gasteiger partial charge in [-0.3, -0.25) is 14.6 Å². The third kappa shape index (κ3) is 4.32. The summed E-state index contributed by atoms with van der Waals surface area (Å²) in [5, 5.41) is 11.3. The summed E-state index contributed by atoms with van der Waals surface area (Å²) in [6.07, 6.45) is 2.11. The monoisotopic (exact) mass is 430 g/mol. The Morgan fingerprint density at radius 3 is 2.73 bits per heavy atom. The van der Waals surface area contributed by atoms with Gasteiger partial charge in [-0.2, -0.15) is 0 Å². The Bertz CT molecular complexity index is 961. The number of methoxy groups -OCH3 is 1. The normalized spacial score (nSPS) is 18.1. The minimum Gasteiger partial charge on any atom is -0.507 e. The van der Waals surface area contributed by atoms with Gasteiger partial charge in [0.15, 0.2) is 0 Å². The van der Waals surface area contributed by atoms with Crippen LogP contribution in [0.3, 0.4) is 0 Å². The van der Waals surface area contributed by atoms with Crippen molar-refractivity contribution >= 4 is 29.1 Å². The van der Waals surface area contributed by atoms with Crippen molar-refractivity contribution < 1.29 is 24.2 Å². The van der Waals surface area contributed by atoms with Crippen LogP contribution in [0.1, 0.15) is 30.6 Å². The molecule has 1 aromatic heterocycles. The highest BCUT2D eigenvalue weighted by Crippen LogP contribution is 2.40. The topological polar surface area (TPSA) is 89.0 Å². The zero-order chi connectivity index (χ0) is 21.7. The Morgan fingerprint density at radius 1 is 1.27 bits per heavy atom. The maximum atomic E-state index is 12.9. The van der Waals surface area contributed by atoms with Gasteiger partial charge in [0.2, 0.25) is 0 Å². The van der Waals surface area contributed by atoms with Crippen molar-refractivity contribution in [3.05, 3.63) is 64.4 Å². The minimum atomic E-state index is -0.824. The van der Waals surface area contributed by atoms with Crippen LogP contribution in [0.4, 0.5) is 0 Å². The van der Waals surface area contributed by atoms with Gasteiger partial charge in [-0.25, -0.2) is 0 Å². The number of ketones is 1. The van der Waals surface area contributed by atoms with Crippen LogP contribution in [-0.4, -0.2) is 53.5 Å². The molecule has 0 radical (unpaired) electrons. The van der Waals surface area contributed by atoms with Gasteiger partial charge in [0.25, 0.3) is 11.7 Å². The molecule has 3 rings (SSSR count). The fourth-order valence-electron chi connectivity index (χ4n) is 3.42. The second-order valence-electron chi connectivity index (χ2n) is 6.67. The molecule has 2 aromatic rings. The number of nitrogens with zero attached hydrogens (tertiary/aromatic N) is 2. The summed E-state index contributed by atoms with van der Waals surface area (Å²) in [5.41, 5.74) is 0.651. The molecule has 2 heterocycles. The van der Waals surface area contributed by atoms with Crippen molar-refractivity contribution in [2.45, 2.75) is 19.4 Å². The van der Waals surface area contributed by atoms with Crippen molar-refractivity contribution in [3.8, 4) is 5.75 Å². The number of carbonyl (C=O) groups excluding carboxylic acids is 2. The lowest BCUT2D eigenvalue weighted by molar-refractivity contribution is -0.140. The molecule has 0 saturated carbocycles. The number of halogens is 1. The van der Waals surface area contributed by atoms with E-state index in [2.05, 4.69) is 4.98 Å². The molecule has 1 aliphatic rings. The molecule has 1 fully saturated rings. The van der Waals surface area contributed by atoms with Crippen LogP contribution in [0.2, 0.25) is 5.02 Å². The molecule has 0 spiro atoms. The third-order valence-electron chi connectivity index (χ3n) is 4.76. The lowest BCUT2D eigenvalue weighted by atomic mass is 9.98. The lowest BCUT2D eigenvalue weighted by Crippen LogP contribution is -2.31. The minimum absolute atomic E-state index is 0.0494. The first kappa shape index (κ1) is 21.8. The fraction of sp³-hybridized carbons (Fsp3) is 0.318. The van der Waals surface area contributed by atoms with E-state index in [4.69, 9.17) is 21.1 Å². The molecule has 1 unspecified atom stereocenters. The molecule has 30 heavy (non-hydrogen) atoms. The summed E-state index contributed by atoms with van der Waals surface area (Å²) in [5.74, 6) is -1.34. The maximum absolute atomic E-state index is 12.9. The van der Waals surface area contributed by atoms with Crippen LogP contribution in [0.5, 0.6) is 5.75 Å². The lowest BCUT2D eigenvalue weighted by Gasteiger charge is -2.24. The first-order chi connectivity index (χ1) is 14.5. The molecule has 1 aliphatic heterocycles. The van der Waals surface area contributed by atoms with Crippen LogP contribution < -0.4 is 4.74 Å². The van der Waals surface area contributed by atoms with Gasteiger partial charge >= 0.3 is 0 Å². The predicted molar refractivity (Wildman–Crippen MR) is 112 cm³/mol. The number of aromatic nitrogens is 1. The van der Waals surface area contributed by atoms with Crippen molar-refractivity contribution in [2.75, 3.05) is 26.9 Å².